The number of fused-ring (bicyclic) bond motifs is 3. The van der Waals surface area contributed by atoms with E-state index in [0.29, 0.717) is 11.3 Å². The molecule has 3 atom stereocenters. The Morgan fingerprint density at radius 3 is 2.42 bits per heavy atom. The number of esters is 1. The first-order chi connectivity index (χ1) is 14.9. The third-order valence-electron chi connectivity index (χ3n) is 7.38. The number of rotatable bonds is 4. The molecule has 1 heterocycles. The zero-order valence-corrected chi connectivity index (χ0v) is 17.3. The fourth-order valence-electron chi connectivity index (χ4n) is 5.70. The van der Waals surface area contributed by atoms with Crippen molar-refractivity contribution in [3.8, 4) is 5.75 Å². The lowest BCUT2D eigenvalue weighted by Gasteiger charge is -2.28. The Labute approximate surface area is 180 Å². The van der Waals surface area contributed by atoms with Crippen LogP contribution in [0.4, 0.5) is 4.39 Å². The minimum atomic E-state index is -1.62. The van der Waals surface area contributed by atoms with E-state index in [0.717, 1.165) is 32.1 Å². The predicted octanol–water partition coefficient (Wildman–Crippen LogP) is 4.17. The Morgan fingerprint density at radius 1 is 1.03 bits per heavy atom. The van der Waals surface area contributed by atoms with Gasteiger partial charge in [0.05, 0.1) is 5.41 Å². The molecule has 1 aliphatic heterocycles. The number of nitrogens with one attached hydrogen (secondary N) is 1. The second kappa shape index (κ2) is 7.01. The zero-order valence-electron chi connectivity index (χ0n) is 17.3. The number of benzene rings is 2. The van der Waals surface area contributed by atoms with Crippen molar-refractivity contribution in [2.75, 3.05) is 0 Å². The molecule has 2 aliphatic carbocycles. The van der Waals surface area contributed by atoms with Crippen LogP contribution in [0.5, 0.6) is 5.75 Å². The van der Waals surface area contributed by atoms with E-state index in [9.17, 15) is 18.8 Å². The number of halogens is 1. The number of carbonyl (C=O) groups excluding carboxylic acids is 3. The molecule has 1 N–H and O–H groups in total. The minimum absolute atomic E-state index is 0.00739. The Hall–Kier alpha value is -3.02. The molecule has 2 fully saturated rings. The lowest BCUT2D eigenvalue weighted by Crippen LogP contribution is -2.49. The number of hydrogen-bond donors (Lipinski definition) is 1. The van der Waals surface area contributed by atoms with Crippen LogP contribution in [0.1, 0.15) is 60.9 Å². The van der Waals surface area contributed by atoms with E-state index >= 15 is 0 Å². The van der Waals surface area contributed by atoms with E-state index in [4.69, 9.17) is 4.74 Å². The molecule has 0 saturated heterocycles. The summed E-state index contributed by atoms with van der Waals surface area (Å²) in [6.07, 6.45) is 4.92. The van der Waals surface area contributed by atoms with E-state index in [2.05, 4.69) is 5.32 Å². The molecule has 3 aliphatic rings. The van der Waals surface area contributed by atoms with Crippen LogP contribution in [0.3, 0.4) is 0 Å². The predicted molar refractivity (Wildman–Crippen MR) is 111 cm³/mol. The van der Waals surface area contributed by atoms with Gasteiger partial charge in [0.15, 0.2) is 11.2 Å². The van der Waals surface area contributed by atoms with E-state index in [-0.39, 0.29) is 17.4 Å². The van der Waals surface area contributed by atoms with Crippen LogP contribution < -0.4 is 10.1 Å². The topological polar surface area (TPSA) is 72.5 Å². The van der Waals surface area contributed by atoms with Gasteiger partial charge in [-0.3, -0.25) is 14.4 Å². The molecule has 5 nitrogen and oxygen atoms in total. The van der Waals surface area contributed by atoms with Crippen molar-refractivity contribution < 1.29 is 23.5 Å². The van der Waals surface area contributed by atoms with Gasteiger partial charge >= 0.3 is 5.97 Å². The maximum absolute atomic E-state index is 13.7. The molecule has 160 valence electrons. The molecule has 0 aromatic heterocycles. The quantitative estimate of drug-likeness (QED) is 0.348. The van der Waals surface area contributed by atoms with Crippen LogP contribution in [0.2, 0.25) is 0 Å². The van der Waals surface area contributed by atoms with E-state index in [1.165, 1.54) is 24.3 Å². The molecular formula is C25H24FNO4. The van der Waals surface area contributed by atoms with Gasteiger partial charge in [-0.05, 0) is 50.1 Å². The van der Waals surface area contributed by atoms with Crippen LogP contribution in [0.25, 0.3) is 0 Å². The van der Waals surface area contributed by atoms with Gasteiger partial charge in [0.1, 0.15) is 11.6 Å². The molecule has 2 aromatic carbocycles. The standard InChI is InChI=1S/C25H24FNO4/c1-24(21(28)15-11-13-16(26)14-12-15)20-18-9-5-6-10-19(18)31-23(30)25(20,24)22(29)27-17-7-3-2-4-8-17/h5-6,9-14,17,20H,2-4,7-8H2,1H3,(H,27,29)/t20-,24-,25-/m1/s1. The highest BCUT2D eigenvalue weighted by Crippen LogP contribution is 2.78. The first-order valence-corrected chi connectivity index (χ1v) is 10.8. The van der Waals surface area contributed by atoms with Gasteiger partial charge in [-0.2, -0.15) is 0 Å². The van der Waals surface area contributed by atoms with Gasteiger partial charge in [-0.1, -0.05) is 37.5 Å². The Kier molecular flexibility index (Phi) is 4.50. The van der Waals surface area contributed by atoms with E-state index in [1.54, 1.807) is 25.1 Å². The summed E-state index contributed by atoms with van der Waals surface area (Å²) in [5.74, 6) is -2.19. The summed E-state index contributed by atoms with van der Waals surface area (Å²) in [7, 11) is 0. The fourth-order valence-corrected chi connectivity index (χ4v) is 5.70. The largest absolute Gasteiger partial charge is 0.425 e. The molecule has 2 aromatic rings. The molecule has 5 rings (SSSR count). The highest BCUT2D eigenvalue weighted by Gasteiger charge is 2.88. The monoisotopic (exact) mass is 421 g/mol. The molecule has 0 spiro atoms. The normalized spacial score (nSPS) is 29.4. The lowest BCUT2D eigenvalue weighted by atomic mass is 9.85. The number of hydrogen-bond acceptors (Lipinski definition) is 4. The summed E-state index contributed by atoms with van der Waals surface area (Å²) in [6.45, 7) is 1.66. The van der Waals surface area contributed by atoms with Crippen molar-refractivity contribution in [3.05, 3.63) is 65.5 Å². The molecule has 0 unspecified atom stereocenters. The minimum Gasteiger partial charge on any atom is -0.425 e. The Balaban J connectivity index is 1.59. The number of ether oxygens (including phenoxy) is 1. The van der Waals surface area contributed by atoms with Crippen molar-refractivity contribution in [2.45, 2.75) is 51.0 Å². The summed E-state index contributed by atoms with van der Waals surface area (Å²) in [4.78, 5) is 40.6. The van der Waals surface area contributed by atoms with Crippen molar-refractivity contribution in [2.24, 2.45) is 10.8 Å². The number of para-hydroxylation sites is 1. The summed E-state index contributed by atoms with van der Waals surface area (Å²) >= 11 is 0. The van der Waals surface area contributed by atoms with Crippen molar-refractivity contribution >= 4 is 17.7 Å². The van der Waals surface area contributed by atoms with Gasteiger partial charge in [0, 0.05) is 23.1 Å². The molecule has 1 amide bonds. The van der Waals surface area contributed by atoms with Gasteiger partial charge in [0.2, 0.25) is 5.91 Å². The third-order valence-corrected chi connectivity index (χ3v) is 7.38. The summed E-state index contributed by atoms with van der Waals surface area (Å²) in [5.41, 5.74) is -1.98. The SMILES string of the molecule is C[C@]1(C(=O)c2ccc(F)cc2)[C@H]2c3ccccc3OC(=O)[C@]21C(=O)NC1CCCCC1. The maximum Gasteiger partial charge on any atom is 0.328 e. The molecule has 31 heavy (non-hydrogen) atoms. The molecule has 6 heteroatoms. The van der Waals surface area contributed by atoms with Gasteiger partial charge in [-0.15, -0.1) is 0 Å². The van der Waals surface area contributed by atoms with Crippen molar-refractivity contribution in [1.82, 2.24) is 5.32 Å². The van der Waals surface area contributed by atoms with E-state index in [1.807, 2.05) is 6.07 Å². The summed E-state index contributed by atoms with van der Waals surface area (Å²) in [5, 5.41) is 3.05. The van der Waals surface area contributed by atoms with E-state index < -0.39 is 34.4 Å². The summed E-state index contributed by atoms with van der Waals surface area (Å²) in [6, 6.07) is 12.3. The van der Waals surface area contributed by atoms with Gasteiger partial charge < -0.3 is 10.1 Å². The van der Waals surface area contributed by atoms with Gasteiger partial charge in [-0.25, -0.2) is 4.39 Å². The molecular weight excluding hydrogens is 397 g/mol. The zero-order chi connectivity index (χ0) is 21.8. The van der Waals surface area contributed by atoms with Crippen molar-refractivity contribution in [1.29, 1.82) is 0 Å². The number of Topliss-reactive ketones (excluding diaryl/α,β-unsaturated/α-hetero) is 1. The molecule has 0 bridgehead atoms. The Morgan fingerprint density at radius 2 is 1.71 bits per heavy atom. The average Bonchev–Trinajstić information content (AvgIpc) is 3.38. The van der Waals surface area contributed by atoms with Crippen LogP contribution in [-0.2, 0) is 9.59 Å². The smallest absolute Gasteiger partial charge is 0.328 e. The second-order valence-electron chi connectivity index (χ2n) is 9.02. The maximum atomic E-state index is 13.7. The third kappa shape index (κ3) is 2.70. The lowest BCUT2D eigenvalue weighted by molar-refractivity contribution is -0.149. The van der Waals surface area contributed by atoms with Crippen LogP contribution in [0.15, 0.2) is 48.5 Å². The summed E-state index contributed by atoms with van der Waals surface area (Å²) < 4.78 is 19.0. The highest BCUT2D eigenvalue weighted by molar-refractivity contribution is 6.21. The number of carbonyl (C=O) groups is 3. The molecule has 0 radical (unpaired) electrons. The first kappa shape index (κ1) is 19.9. The van der Waals surface area contributed by atoms with Crippen LogP contribution in [-0.4, -0.2) is 23.7 Å². The highest BCUT2D eigenvalue weighted by atomic mass is 19.1. The van der Waals surface area contributed by atoms with Crippen LogP contribution in [0, 0.1) is 16.6 Å². The van der Waals surface area contributed by atoms with Gasteiger partial charge in [0.25, 0.3) is 0 Å². The second-order valence-corrected chi connectivity index (χ2v) is 9.02. The average molecular weight is 421 g/mol. The fraction of sp³-hybridized carbons (Fsp3) is 0.400. The number of ketones is 1. The number of amides is 1. The Bertz CT molecular complexity index is 1080. The van der Waals surface area contributed by atoms with Crippen LogP contribution >= 0.6 is 0 Å². The van der Waals surface area contributed by atoms with Crippen molar-refractivity contribution in [3.63, 3.8) is 0 Å². The molecule has 2 saturated carbocycles. The first-order valence-electron chi connectivity index (χ1n) is 10.8.